The molecule has 0 amide bonds. The van der Waals surface area contributed by atoms with Gasteiger partial charge in [0.15, 0.2) is 0 Å². The normalized spacial score (nSPS) is 14.2. The lowest BCUT2D eigenvalue weighted by molar-refractivity contribution is -0.137. The third-order valence-electron chi connectivity index (χ3n) is 4.34. The molecule has 26 heavy (non-hydrogen) atoms. The Morgan fingerprint density at radius 1 is 1.04 bits per heavy atom. The van der Waals surface area contributed by atoms with Gasteiger partial charge in [-0.15, -0.1) is 0 Å². The molecule has 0 aliphatic heterocycles. The van der Waals surface area contributed by atoms with Crippen molar-refractivity contribution in [3.05, 3.63) is 22.8 Å². The molecule has 0 bridgehead atoms. The molecule has 0 aromatic carbocycles. The number of hydrogen-bond donors (Lipinski definition) is 0. The largest absolute Gasteiger partial charge is 0.463 e. The molecule has 3 nitrogen and oxygen atoms in total. The van der Waals surface area contributed by atoms with Crippen molar-refractivity contribution in [2.75, 3.05) is 13.7 Å². The fourth-order valence-corrected chi connectivity index (χ4v) is 5.48. The Morgan fingerprint density at radius 2 is 1.62 bits per heavy atom. The zero-order chi connectivity index (χ0) is 20.5. The van der Waals surface area contributed by atoms with Gasteiger partial charge in [0.05, 0.1) is 12.7 Å². The number of rotatable bonds is 11. The van der Waals surface area contributed by atoms with Crippen molar-refractivity contribution in [3.63, 3.8) is 0 Å². The van der Waals surface area contributed by atoms with E-state index in [1.54, 1.807) is 13.2 Å². The monoisotopic (exact) mass is 398 g/mol. The van der Waals surface area contributed by atoms with Crippen LogP contribution in [0.5, 0.6) is 0 Å². The summed E-state index contributed by atoms with van der Waals surface area (Å²) < 4.78 is 11.0. The van der Waals surface area contributed by atoms with Crippen LogP contribution in [-0.4, -0.2) is 41.9 Å². The third-order valence-corrected chi connectivity index (χ3v) is 7.56. The van der Waals surface area contributed by atoms with E-state index in [-0.39, 0.29) is 12.1 Å². The summed E-state index contributed by atoms with van der Waals surface area (Å²) in [6, 6.07) is 2.24. The van der Waals surface area contributed by atoms with Crippen molar-refractivity contribution in [2.45, 2.75) is 91.1 Å². The second kappa shape index (κ2) is 11.2. The van der Waals surface area contributed by atoms with E-state index in [0.29, 0.717) is 6.61 Å². The molecular weight excluding hydrogens is 356 g/mol. The lowest BCUT2D eigenvalue weighted by atomic mass is 9.97. The fourth-order valence-electron chi connectivity index (χ4n) is 2.88. The molecule has 1 atom stereocenters. The van der Waals surface area contributed by atoms with Gasteiger partial charge in [0, 0.05) is 29.3 Å². The van der Waals surface area contributed by atoms with Crippen LogP contribution in [0.2, 0.25) is 51.4 Å². The van der Waals surface area contributed by atoms with Crippen molar-refractivity contribution >= 4 is 22.1 Å². The molecule has 0 rings (SSSR count). The van der Waals surface area contributed by atoms with Crippen molar-refractivity contribution in [1.82, 2.24) is 0 Å². The first-order valence-corrected chi connectivity index (χ1v) is 17.3. The molecule has 152 valence electrons. The lowest BCUT2D eigenvalue weighted by Gasteiger charge is -2.27. The second-order valence-corrected chi connectivity index (χ2v) is 20.9. The van der Waals surface area contributed by atoms with Crippen LogP contribution in [0.1, 0.15) is 33.6 Å². The minimum Gasteiger partial charge on any atom is -0.463 e. The zero-order valence-electron chi connectivity index (χ0n) is 18.9. The number of allylic oxidation sites excluding steroid dienone is 1. The first-order valence-electron chi connectivity index (χ1n) is 9.84. The summed E-state index contributed by atoms with van der Waals surface area (Å²) in [5, 5.41) is 0. The van der Waals surface area contributed by atoms with E-state index < -0.39 is 16.1 Å². The maximum absolute atomic E-state index is 12.1. The molecule has 0 aliphatic rings. The topological polar surface area (TPSA) is 35.5 Å². The molecule has 0 heterocycles. The molecule has 0 saturated heterocycles. The zero-order valence-corrected chi connectivity index (χ0v) is 20.9. The first kappa shape index (κ1) is 25.3. The number of carbonyl (C=O) groups excluding carboxylic acids is 1. The van der Waals surface area contributed by atoms with Crippen LogP contribution in [-0.2, 0) is 14.3 Å². The van der Waals surface area contributed by atoms with Gasteiger partial charge < -0.3 is 9.47 Å². The van der Waals surface area contributed by atoms with Crippen LogP contribution >= 0.6 is 0 Å². The Hall–Kier alpha value is -0.656. The van der Waals surface area contributed by atoms with E-state index in [1.165, 1.54) is 17.2 Å². The highest BCUT2D eigenvalue weighted by Crippen LogP contribution is 2.29. The van der Waals surface area contributed by atoms with E-state index in [0.717, 1.165) is 24.5 Å². The smallest absolute Gasteiger partial charge is 0.330 e. The van der Waals surface area contributed by atoms with E-state index in [4.69, 9.17) is 9.47 Å². The molecular formula is C21H42O3Si2. The number of carbonyl (C=O) groups is 1. The van der Waals surface area contributed by atoms with Crippen molar-refractivity contribution in [1.29, 1.82) is 0 Å². The highest BCUT2D eigenvalue weighted by Gasteiger charge is 2.25. The maximum atomic E-state index is 12.1. The van der Waals surface area contributed by atoms with E-state index >= 15 is 0 Å². The standard InChI is InChI=1S/C21H42O3Si2/c1-11-24-21(22)15-19(16-26(8,9)10)20(23-4)14-18(17(2)3)12-13-25(5,6)7/h15,20H,11-14,16H2,1-10H3/b19-15+/t20-/m0/s1. The number of methoxy groups -OCH3 is 1. The van der Waals surface area contributed by atoms with Crippen LogP contribution < -0.4 is 0 Å². The molecule has 0 aromatic rings. The Bertz CT molecular complexity index is 504. The number of esters is 1. The molecule has 5 heteroatoms. The summed E-state index contributed by atoms with van der Waals surface area (Å²) in [5.41, 5.74) is 3.95. The van der Waals surface area contributed by atoms with E-state index in [9.17, 15) is 4.79 Å². The Kier molecular flexibility index (Phi) is 11.0. The van der Waals surface area contributed by atoms with Gasteiger partial charge in [-0.3, -0.25) is 0 Å². The Balaban J connectivity index is 5.52. The lowest BCUT2D eigenvalue weighted by Crippen LogP contribution is -2.27. The van der Waals surface area contributed by atoms with Crippen molar-refractivity contribution in [2.24, 2.45) is 0 Å². The number of ether oxygens (including phenoxy) is 2. The van der Waals surface area contributed by atoms with Gasteiger partial charge in [0.25, 0.3) is 0 Å². The van der Waals surface area contributed by atoms with Crippen molar-refractivity contribution in [3.8, 4) is 0 Å². The van der Waals surface area contributed by atoms with Crippen LogP contribution in [0.3, 0.4) is 0 Å². The van der Waals surface area contributed by atoms with Gasteiger partial charge in [-0.25, -0.2) is 4.79 Å². The predicted molar refractivity (Wildman–Crippen MR) is 119 cm³/mol. The third kappa shape index (κ3) is 11.9. The fraction of sp³-hybridized carbons (Fsp3) is 0.762. The van der Waals surface area contributed by atoms with Gasteiger partial charge in [0.1, 0.15) is 0 Å². The molecule has 0 radical (unpaired) electrons. The van der Waals surface area contributed by atoms with Gasteiger partial charge >= 0.3 is 5.97 Å². The summed E-state index contributed by atoms with van der Waals surface area (Å²) in [6.45, 7) is 20.9. The first-order chi connectivity index (χ1) is 11.8. The van der Waals surface area contributed by atoms with Gasteiger partial charge in [0.2, 0.25) is 0 Å². The maximum Gasteiger partial charge on any atom is 0.330 e. The minimum atomic E-state index is -1.38. The minimum absolute atomic E-state index is 0.0438. The summed E-state index contributed by atoms with van der Waals surface area (Å²) in [7, 11) is -0.708. The van der Waals surface area contributed by atoms with Crippen molar-refractivity contribution < 1.29 is 14.3 Å². The molecule has 0 unspecified atom stereocenters. The van der Waals surface area contributed by atoms with Crippen LogP contribution in [0.4, 0.5) is 0 Å². The molecule has 0 saturated carbocycles. The average Bonchev–Trinajstić information content (AvgIpc) is 2.44. The Morgan fingerprint density at radius 3 is 2.00 bits per heavy atom. The van der Waals surface area contributed by atoms with E-state index in [2.05, 4.69) is 53.1 Å². The highest BCUT2D eigenvalue weighted by molar-refractivity contribution is 6.76. The van der Waals surface area contributed by atoms with Gasteiger partial charge in [-0.2, -0.15) is 0 Å². The quantitative estimate of drug-likeness (QED) is 0.178. The molecule has 0 aliphatic carbocycles. The predicted octanol–water partition coefficient (Wildman–Crippen LogP) is 6.28. The molecule has 0 spiro atoms. The summed E-state index contributed by atoms with van der Waals surface area (Å²) in [6.07, 6.45) is 3.66. The second-order valence-electron chi connectivity index (χ2n) is 9.80. The number of hydrogen-bond acceptors (Lipinski definition) is 3. The van der Waals surface area contributed by atoms with Crippen LogP contribution in [0.25, 0.3) is 0 Å². The van der Waals surface area contributed by atoms with Crippen LogP contribution in [0, 0.1) is 0 Å². The van der Waals surface area contributed by atoms with Gasteiger partial charge in [-0.05, 0) is 45.2 Å². The Labute approximate surface area is 164 Å². The van der Waals surface area contributed by atoms with Gasteiger partial charge in [-0.1, -0.05) is 56.5 Å². The molecule has 0 N–H and O–H groups in total. The van der Waals surface area contributed by atoms with Crippen LogP contribution in [0.15, 0.2) is 22.8 Å². The summed E-state index contributed by atoms with van der Waals surface area (Å²) >= 11 is 0. The summed E-state index contributed by atoms with van der Waals surface area (Å²) in [4.78, 5) is 12.1. The van der Waals surface area contributed by atoms with E-state index in [1.807, 2.05) is 6.92 Å². The highest BCUT2D eigenvalue weighted by atomic mass is 28.3. The summed E-state index contributed by atoms with van der Waals surface area (Å²) in [5.74, 6) is -0.247. The molecule has 0 aromatic heterocycles. The molecule has 0 fully saturated rings. The average molecular weight is 399 g/mol. The SMILES string of the molecule is CCOC(=O)/C=C(\C[Si](C)(C)C)[C@H](CC(CC[Si](C)(C)C)=C(C)C)OC.